The maximum Gasteiger partial charge on any atom is 0.274 e. The summed E-state index contributed by atoms with van der Waals surface area (Å²) < 4.78 is 16.0. The van der Waals surface area contributed by atoms with E-state index >= 15 is 4.39 Å². The third-order valence-electron chi connectivity index (χ3n) is 9.27. The summed E-state index contributed by atoms with van der Waals surface area (Å²) in [6.45, 7) is 0.982. The number of carbonyl (C=O) groups is 3. The summed E-state index contributed by atoms with van der Waals surface area (Å²) in [4.78, 5) is 44.6. The van der Waals surface area contributed by atoms with Crippen molar-refractivity contribution in [3.63, 3.8) is 0 Å². The van der Waals surface area contributed by atoms with E-state index in [0.717, 1.165) is 12.8 Å². The number of anilines is 2. The Morgan fingerprint density at radius 3 is 2.55 bits per heavy atom. The first-order valence-corrected chi connectivity index (χ1v) is 14.7. The van der Waals surface area contributed by atoms with Crippen molar-refractivity contribution < 1.29 is 24.0 Å². The summed E-state index contributed by atoms with van der Waals surface area (Å²) >= 11 is 12.6. The van der Waals surface area contributed by atoms with E-state index < -0.39 is 29.1 Å². The molecule has 3 aromatic rings. The molecule has 3 aromatic carbocycles. The Hall–Kier alpha value is -3.50. The molecular formula is C31H27Cl2FN4O4. The van der Waals surface area contributed by atoms with Gasteiger partial charge in [-0.3, -0.25) is 24.5 Å². The zero-order valence-electron chi connectivity index (χ0n) is 22.3. The average Bonchev–Trinajstić information content (AvgIpc) is 3.70. The number of hydrogen-bond acceptors (Lipinski definition) is 5. The topological polar surface area (TPSA) is 102 Å². The zero-order chi connectivity index (χ0) is 29.3. The van der Waals surface area contributed by atoms with Gasteiger partial charge < -0.3 is 10.2 Å². The van der Waals surface area contributed by atoms with Gasteiger partial charge in [0.15, 0.2) is 0 Å². The van der Waals surface area contributed by atoms with Crippen LogP contribution in [-0.2, 0) is 15.1 Å². The lowest BCUT2D eigenvalue weighted by Gasteiger charge is -2.40. The van der Waals surface area contributed by atoms with Crippen molar-refractivity contribution in [2.24, 2.45) is 11.8 Å². The Bertz CT molecular complexity index is 1630. The number of hydrogen-bond donors (Lipinski definition) is 3. The van der Waals surface area contributed by atoms with E-state index in [1.165, 1.54) is 18.2 Å². The lowest BCUT2D eigenvalue weighted by molar-refractivity contribution is -0.128. The maximum absolute atomic E-state index is 16.0. The molecular weight excluding hydrogens is 582 g/mol. The Kier molecular flexibility index (Phi) is 6.54. The van der Waals surface area contributed by atoms with Crippen molar-refractivity contribution in [3.8, 4) is 0 Å². The molecule has 42 heavy (non-hydrogen) atoms. The van der Waals surface area contributed by atoms with Crippen LogP contribution in [0.25, 0.3) is 0 Å². The molecule has 3 aliphatic heterocycles. The van der Waals surface area contributed by atoms with E-state index in [0.29, 0.717) is 47.4 Å². The molecule has 2 saturated heterocycles. The van der Waals surface area contributed by atoms with E-state index in [2.05, 4.69) is 10.2 Å². The monoisotopic (exact) mass is 608 g/mol. The van der Waals surface area contributed by atoms with Gasteiger partial charge in [0.05, 0.1) is 10.9 Å². The number of nitrogens with one attached hydrogen (secondary N) is 2. The van der Waals surface area contributed by atoms with Crippen LogP contribution < -0.4 is 15.7 Å². The Balaban J connectivity index is 1.41. The Morgan fingerprint density at radius 2 is 1.83 bits per heavy atom. The highest BCUT2D eigenvalue weighted by Crippen LogP contribution is 2.62. The number of likely N-dealkylation sites (tertiary alicyclic amines) is 1. The molecule has 11 heteroatoms. The van der Waals surface area contributed by atoms with Gasteiger partial charge in [0.25, 0.3) is 5.91 Å². The quantitative estimate of drug-likeness (QED) is 0.268. The molecule has 0 unspecified atom stereocenters. The number of carbonyl (C=O) groups excluding carboxylic acids is 3. The highest BCUT2D eigenvalue weighted by Gasteiger charge is 2.70. The van der Waals surface area contributed by atoms with Crippen LogP contribution in [-0.4, -0.2) is 47.0 Å². The van der Waals surface area contributed by atoms with Gasteiger partial charge in [-0.05, 0) is 73.2 Å². The van der Waals surface area contributed by atoms with E-state index in [1.54, 1.807) is 46.8 Å². The molecule has 0 bridgehead atoms. The summed E-state index contributed by atoms with van der Waals surface area (Å²) in [5.74, 6) is -3.11. The second-order valence-corrected chi connectivity index (χ2v) is 12.3. The maximum atomic E-state index is 16.0. The molecule has 8 nitrogen and oxygen atoms in total. The minimum atomic E-state index is -1.35. The average molecular weight is 609 g/mol. The van der Waals surface area contributed by atoms with Crippen LogP contribution in [0.15, 0.2) is 60.7 Å². The van der Waals surface area contributed by atoms with Crippen molar-refractivity contribution in [1.82, 2.24) is 10.4 Å². The number of nitrogens with zero attached hydrogens (tertiary/aromatic N) is 2. The van der Waals surface area contributed by atoms with Crippen LogP contribution in [0, 0.1) is 17.7 Å². The SMILES string of the molecule is O=C(NO)c1ccc(N2CC[C@H]3[C@@H](C2=O)[C@H](c2cccc(Cl)c2F)[C@]2(C(=O)Nc4cc(Cl)ccc42)N3CC2CC2)cc1. The summed E-state index contributed by atoms with van der Waals surface area (Å²) in [6.07, 6.45) is 2.62. The van der Waals surface area contributed by atoms with Crippen LogP contribution in [0.1, 0.15) is 46.7 Å². The van der Waals surface area contributed by atoms with E-state index in [1.807, 2.05) is 6.07 Å². The number of amides is 3. The van der Waals surface area contributed by atoms with Crippen molar-refractivity contribution in [1.29, 1.82) is 0 Å². The number of hydroxylamine groups is 1. The highest BCUT2D eigenvalue weighted by atomic mass is 35.5. The Labute approximate surface area is 251 Å². The van der Waals surface area contributed by atoms with Crippen molar-refractivity contribution in [3.05, 3.63) is 93.2 Å². The number of piperidine rings is 1. The smallest absolute Gasteiger partial charge is 0.274 e. The van der Waals surface area contributed by atoms with Crippen molar-refractivity contribution >= 4 is 52.3 Å². The lowest BCUT2D eigenvalue weighted by Crippen LogP contribution is -2.54. The predicted octanol–water partition coefficient (Wildman–Crippen LogP) is 5.33. The summed E-state index contributed by atoms with van der Waals surface area (Å²) in [5, 5.41) is 12.4. The number of benzene rings is 3. The first-order chi connectivity index (χ1) is 20.2. The molecule has 7 rings (SSSR count). The first-order valence-electron chi connectivity index (χ1n) is 13.9. The van der Waals surface area contributed by atoms with E-state index in [-0.39, 0.29) is 34.0 Å². The zero-order valence-corrected chi connectivity index (χ0v) is 23.8. The van der Waals surface area contributed by atoms with Crippen molar-refractivity contribution in [2.45, 2.75) is 36.8 Å². The number of rotatable bonds is 5. The minimum Gasteiger partial charge on any atom is -0.324 e. The number of fused-ring (bicyclic) bond motifs is 3. The van der Waals surface area contributed by atoms with E-state index in [4.69, 9.17) is 28.4 Å². The lowest BCUT2D eigenvalue weighted by atomic mass is 9.70. The van der Waals surface area contributed by atoms with Gasteiger partial charge in [-0.25, -0.2) is 9.87 Å². The Morgan fingerprint density at radius 1 is 1.07 bits per heavy atom. The van der Waals surface area contributed by atoms with Crippen LogP contribution in [0.3, 0.4) is 0 Å². The van der Waals surface area contributed by atoms with Gasteiger partial charge in [-0.15, -0.1) is 0 Å². The van der Waals surface area contributed by atoms with Crippen LogP contribution >= 0.6 is 23.2 Å². The molecule has 216 valence electrons. The molecule has 0 aromatic heterocycles. The first kappa shape index (κ1) is 27.3. The van der Waals surface area contributed by atoms with Crippen LogP contribution in [0.4, 0.5) is 15.8 Å². The molecule has 0 radical (unpaired) electrons. The van der Waals surface area contributed by atoms with E-state index in [9.17, 15) is 14.4 Å². The van der Waals surface area contributed by atoms with Gasteiger partial charge in [-0.2, -0.15) is 0 Å². The normalized spacial score (nSPS) is 26.8. The third-order valence-corrected chi connectivity index (χ3v) is 9.80. The van der Waals surface area contributed by atoms with Gasteiger partial charge in [0.2, 0.25) is 11.8 Å². The highest BCUT2D eigenvalue weighted by molar-refractivity contribution is 6.31. The molecule has 3 heterocycles. The van der Waals surface area contributed by atoms with Gasteiger partial charge in [0.1, 0.15) is 11.4 Å². The molecule has 4 atom stereocenters. The number of halogens is 3. The summed E-state index contributed by atoms with van der Waals surface area (Å²) in [6, 6.07) is 16.0. The second kappa shape index (κ2) is 10.1. The molecule has 1 aliphatic carbocycles. The van der Waals surface area contributed by atoms with Gasteiger partial charge in [-0.1, -0.05) is 41.4 Å². The molecule has 1 saturated carbocycles. The fourth-order valence-corrected chi connectivity index (χ4v) is 7.70. The fraction of sp³-hybridized carbons (Fsp3) is 0.323. The van der Waals surface area contributed by atoms with Crippen LogP contribution in [0.2, 0.25) is 10.0 Å². The minimum absolute atomic E-state index is 0.0764. The summed E-state index contributed by atoms with van der Waals surface area (Å²) in [7, 11) is 0. The molecule has 3 fully saturated rings. The third kappa shape index (κ3) is 3.98. The largest absolute Gasteiger partial charge is 0.324 e. The van der Waals surface area contributed by atoms with Crippen molar-refractivity contribution in [2.75, 3.05) is 23.3 Å². The van der Waals surface area contributed by atoms with Crippen LogP contribution in [0.5, 0.6) is 0 Å². The second-order valence-electron chi connectivity index (χ2n) is 11.5. The summed E-state index contributed by atoms with van der Waals surface area (Å²) in [5.41, 5.74) is 2.51. The standard InChI is InChI=1S/C31H27Cl2FN4O4/c32-18-8-11-21-23(14-18)35-30(41)31(21)26(20-2-1-3-22(33)27(20)34)25-24(38(31)15-16-4-5-16)12-13-37(29(25)40)19-9-6-17(7-10-19)28(39)36-42/h1-3,6-11,14,16,24-26,42H,4-5,12-13,15H2,(H,35,41)(H,36,39)/t24-,25+,26-,31+/m0/s1. The molecule has 3 N–H and O–H groups in total. The fourth-order valence-electron chi connectivity index (χ4n) is 7.35. The molecule has 1 spiro atoms. The molecule has 3 amide bonds. The predicted molar refractivity (Wildman–Crippen MR) is 155 cm³/mol. The van der Waals surface area contributed by atoms with Gasteiger partial charge >= 0.3 is 0 Å². The molecule has 4 aliphatic rings. The van der Waals surface area contributed by atoms with Gasteiger partial charge in [0, 0.05) is 52.6 Å².